The Labute approximate surface area is 185 Å². The van der Waals surface area contributed by atoms with Crippen LogP contribution in [0, 0.1) is 0 Å². The SMILES string of the molecule is Clc1ccc(Oc2ncccc2CN2CCc3nc(-c4ccncc4)ncc3C2)cc1. The molecule has 0 unspecified atom stereocenters. The smallest absolute Gasteiger partial charge is 0.223 e. The Hall–Kier alpha value is -3.35. The maximum Gasteiger partial charge on any atom is 0.223 e. The number of hydrogen-bond acceptors (Lipinski definition) is 6. The average Bonchev–Trinajstić information content (AvgIpc) is 2.82. The third kappa shape index (κ3) is 4.55. The zero-order chi connectivity index (χ0) is 21.0. The lowest BCUT2D eigenvalue weighted by molar-refractivity contribution is 0.239. The van der Waals surface area contributed by atoms with E-state index in [2.05, 4.69) is 25.9 Å². The van der Waals surface area contributed by atoms with Crippen LogP contribution < -0.4 is 4.74 Å². The van der Waals surface area contributed by atoms with E-state index in [-0.39, 0.29) is 0 Å². The van der Waals surface area contributed by atoms with Gasteiger partial charge in [0.1, 0.15) is 5.75 Å². The molecule has 1 aromatic carbocycles. The topological polar surface area (TPSA) is 64.0 Å². The Morgan fingerprint density at radius 3 is 2.65 bits per heavy atom. The zero-order valence-corrected chi connectivity index (χ0v) is 17.5. The molecule has 0 fully saturated rings. The molecule has 0 amide bonds. The van der Waals surface area contributed by atoms with Gasteiger partial charge in [0, 0.05) is 72.6 Å². The van der Waals surface area contributed by atoms with E-state index in [0.717, 1.165) is 54.3 Å². The van der Waals surface area contributed by atoms with Gasteiger partial charge in [0.25, 0.3) is 0 Å². The van der Waals surface area contributed by atoms with Crippen molar-refractivity contribution in [2.75, 3.05) is 6.54 Å². The molecule has 5 rings (SSSR count). The monoisotopic (exact) mass is 429 g/mol. The van der Waals surface area contributed by atoms with Gasteiger partial charge in [-0.1, -0.05) is 17.7 Å². The maximum atomic E-state index is 6.01. The molecule has 6 nitrogen and oxygen atoms in total. The first-order chi connectivity index (χ1) is 15.2. The van der Waals surface area contributed by atoms with Gasteiger partial charge in [0.2, 0.25) is 5.88 Å². The predicted molar refractivity (Wildman–Crippen MR) is 119 cm³/mol. The Morgan fingerprint density at radius 1 is 0.968 bits per heavy atom. The van der Waals surface area contributed by atoms with E-state index in [1.807, 2.05) is 36.5 Å². The van der Waals surface area contributed by atoms with Crippen molar-refractivity contribution in [3.05, 3.63) is 95.2 Å². The van der Waals surface area contributed by atoms with Crippen LogP contribution in [0.2, 0.25) is 5.02 Å². The van der Waals surface area contributed by atoms with Gasteiger partial charge in [-0.3, -0.25) is 9.88 Å². The molecule has 0 spiro atoms. The zero-order valence-electron chi connectivity index (χ0n) is 16.8. The maximum absolute atomic E-state index is 6.01. The Kier molecular flexibility index (Phi) is 5.56. The summed E-state index contributed by atoms with van der Waals surface area (Å²) in [5, 5.41) is 0.676. The molecule has 1 aliphatic rings. The van der Waals surface area contributed by atoms with Gasteiger partial charge in [0.15, 0.2) is 5.82 Å². The molecule has 0 aliphatic carbocycles. The second kappa shape index (κ2) is 8.79. The van der Waals surface area contributed by atoms with Gasteiger partial charge in [-0.2, -0.15) is 0 Å². The van der Waals surface area contributed by atoms with E-state index < -0.39 is 0 Å². The lowest BCUT2D eigenvalue weighted by Crippen LogP contribution is -2.31. The second-order valence-electron chi connectivity index (χ2n) is 7.39. The number of hydrogen-bond donors (Lipinski definition) is 0. The van der Waals surface area contributed by atoms with Crippen LogP contribution in [-0.4, -0.2) is 31.4 Å². The number of halogens is 1. The molecule has 7 heteroatoms. The fourth-order valence-corrected chi connectivity index (χ4v) is 3.77. The summed E-state index contributed by atoms with van der Waals surface area (Å²) in [4.78, 5) is 20.2. The molecule has 4 heterocycles. The Bertz CT molecular complexity index is 1180. The van der Waals surface area contributed by atoms with Crippen LogP contribution >= 0.6 is 11.6 Å². The fourth-order valence-electron chi connectivity index (χ4n) is 3.64. The minimum atomic E-state index is 0.611. The number of ether oxygens (including phenoxy) is 1. The minimum Gasteiger partial charge on any atom is -0.439 e. The first-order valence-corrected chi connectivity index (χ1v) is 10.5. The molecular formula is C24H20ClN5O. The van der Waals surface area contributed by atoms with E-state index in [0.29, 0.717) is 16.7 Å². The van der Waals surface area contributed by atoms with Gasteiger partial charge in [-0.25, -0.2) is 15.0 Å². The summed E-state index contributed by atoms with van der Waals surface area (Å²) in [6, 6.07) is 15.2. The molecular weight excluding hydrogens is 410 g/mol. The molecule has 0 atom stereocenters. The van der Waals surface area contributed by atoms with E-state index in [1.165, 1.54) is 0 Å². The Balaban J connectivity index is 1.31. The Morgan fingerprint density at radius 2 is 1.81 bits per heavy atom. The third-order valence-electron chi connectivity index (χ3n) is 5.22. The van der Waals surface area contributed by atoms with Crippen molar-refractivity contribution < 1.29 is 4.74 Å². The van der Waals surface area contributed by atoms with Crippen molar-refractivity contribution in [1.82, 2.24) is 24.8 Å². The van der Waals surface area contributed by atoms with Gasteiger partial charge in [0.05, 0.1) is 5.69 Å². The molecule has 31 heavy (non-hydrogen) atoms. The van der Waals surface area contributed by atoms with Crippen molar-refractivity contribution in [1.29, 1.82) is 0 Å². The summed E-state index contributed by atoms with van der Waals surface area (Å²) in [5.41, 5.74) is 4.30. The first-order valence-electron chi connectivity index (χ1n) is 10.1. The van der Waals surface area contributed by atoms with Gasteiger partial charge in [-0.05, 0) is 42.5 Å². The lowest BCUT2D eigenvalue weighted by Gasteiger charge is -2.28. The van der Waals surface area contributed by atoms with Crippen LogP contribution in [0.1, 0.15) is 16.8 Å². The first kappa shape index (κ1) is 19.6. The molecule has 0 N–H and O–H groups in total. The van der Waals surface area contributed by atoms with Gasteiger partial charge in [-0.15, -0.1) is 0 Å². The largest absolute Gasteiger partial charge is 0.439 e. The number of aromatic nitrogens is 4. The standard InChI is InChI=1S/C24H20ClN5O/c25-20-3-5-21(6-4-20)31-24-18(2-1-10-27-24)15-30-13-9-22-19(16-30)14-28-23(29-22)17-7-11-26-12-8-17/h1-8,10-12,14H,9,13,15-16H2. The summed E-state index contributed by atoms with van der Waals surface area (Å²) in [5.74, 6) is 2.07. The van der Waals surface area contributed by atoms with Crippen molar-refractivity contribution in [3.63, 3.8) is 0 Å². The second-order valence-corrected chi connectivity index (χ2v) is 7.82. The van der Waals surface area contributed by atoms with E-state index in [4.69, 9.17) is 21.3 Å². The summed E-state index contributed by atoms with van der Waals surface area (Å²) in [6.07, 6.45) is 8.09. The predicted octanol–water partition coefficient (Wildman–Crippen LogP) is 4.94. The van der Waals surface area contributed by atoms with Crippen LogP contribution in [0.4, 0.5) is 0 Å². The van der Waals surface area contributed by atoms with Crippen LogP contribution in [0.15, 0.2) is 73.3 Å². The summed E-state index contributed by atoms with van der Waals surface area (Å²) in [6.45, 7) is 2.44. The fraction of sp³-hybridized carbons (Fsp3) is 0.167. The molecule has 3 aromatic heterocycles. The summed E-state index contributed by atoms with van der Waals surface area (Å²) in [7, 11) is 0. The highest BCUT2D eigenvalue weighted by Crippen LogP contribution is 2.27. The normalized spacial score (nSPS) is 13.6. The van der Waals surface area contributed by atoms with E-state index in [9.17, 15) is 0 Å². The number of benzene rings is 1. The minimum absolute atomic E-state index is 0.611. The number of nitrogens with zero attached hydrogens (tertiary/aromatic N) is 5. The molecule has 1 aliphatic heterocycles. The van der Waals surface area contributed by atoms with Gasteiger partial charge >= 0.3 is 0 Å². The average molecular weight is 430 g/mol. The number of fused-ring (bicyclic) bond motifs is 1. The van der Waals surface area contributed by atoms with Gasteiger partial charge < -0.3 is 4.74 Å². The quantitative estimate of drug-likeness (QED) is 0.448. The van der Waals surface area contributed by atoms with Crippen LogP contribution in [-0.2, 0) is 19.5 Å². The molecule has 4 aromatic rings. The van der Waals surface area contributed by atoms with E-state index >= 15 is 0 Å². The van der Waals surface area contributed by atoms with Crippen molar-refractivity contribution in [2.45, 2.75) is 19.5 Å². The third-order valence-corrected chi connectivity index (χ3v) is 5.48. The highest BCUT2D eigenvalue weighted by Gasteiger charge is 2.20. The van der Waals surface area contributed by atoms with E-state index in [1.54, 1.807) is 30.7 Å². The summed E-state index contributed by atoms with van der Waals surface area (Å²) < 4.78 is 6.01. The van der Waals surface area contributed by atoms with Crippen molar-refractivity contribution in [2.24, 2.45) is 0 Å². The number of pyridine rings is 2. The van der Waals surface area contributed by atoms with Crippen LogP contribution in [0.5, 0.6) is 11.6 Å². The van der Waals surface area contributed by atoms with Crippen molar-refractivity contribution in [3.8, 4) is 23.0 Å². The highest BCUT2D eigenvalue weighted by atomic mass is 35.5. The van der Waals surface area contributed by atoms with Crippen molar-refractivity contribution >= 4 is 11.6 Å². The molecule has 0 saturated heterocycles. The molecule has 154 valence electrons. The summed E-state index contributed by atoms with van der Waals surface area (Å²) >= 11 is 5.97. The lowest BCUT2D eigenvalue weighted by atomic mass is 10.1. The molecule has 0 saturated carbocycles. The van der Waals surface area contributed by atoms with Crippen LogP contribution in [0.3, 0.4) is 0 Å². The number of rotatable bonds is 5. The highest BCUT2D eigenvalue weighted by molar-refractivity contribution is 6.30. The van der Waals surface area contributed by atoms with Crippen LogP contribution in [0.25, 0.3) is 11.4 Å². The molecule has 0 radical (unpaired) electrons. The molecule has 0 bridgehead atoms.